The largest absolute Gasteiger partial charge is 0.316 e. The molecule has 1 saturated heterocycles. The third kappa shape index (κ3) is 1.46. The molecule has 0 bridgehead atoms. The molecule has 0 aromatic carbocycles. The molecule has 2 unspecified atom stereocenters. The summed E-state index contributed by atoms with van der Waals surface area (Å²) < 4.78 is 0. The van der Waals surface area contributed by atoms with Crippen molar-refractivity contribution in [3.8, 4) is 0 Å². The lowest BCUT2D eigenvalue weighted by Gasteiger charge is -2.24. The van der Waals surface area contributed by atoms with Crippen molar-refractivity contribution >= 4 is 0 Å². The Morgan fingerprint density at radius 2 is 2.38 bits per heavy atom. The lowest BCUT2D eigenvalue weighted by atomic mass is 9.99. The monoisotopic (exact) mass is 114 g/mol. The average molecular weight is 114 g/mol. The summed E-state index contributed by atoms with van der Waals surface area (Å²) in [4.78, 5) is 0. The van der Waals surface area contributed by atoms with Gasteiger partial charge in [0.25, 0.3) is 0 Å². The topological polar surface area (TPSA) is 38.0 Å². The van der Waals surface area contributed by atoms with E-state index in [0.717, 1.165) is 18.9 Å². The van der Waals surface area contributed by atoms with E-state index in [-0.39, 0.29) is 6.17 Å². The van der Waals surface area contributed by atoms with Crippen LogP contribution < -0.4 is 11.1 Å². The normalized spacial score (nSPS) is 39.8. The van der Waals surface area contributed by atoms with Crippen molar-refractivity contribution in [2.45, 2.75) is 25.9 Å². The summed E-state index contributed by atoms with van der Waals surface area (Å²) in [6.45, 7) is 3.35. The van der Waals surface area contributed by atoms with Crippen molar-refractivity contribution in [2.75, 3.05) is 6.54 Å². The highest BCUT2D eigenvalue weighted by Crippen LogP contribution is 2.11. The molecule has 0 saturated carbocycles. The summed E-state index contributed by atoms with van der Waals surface area (Å²) >= 11 is 0. The second-order valence-corrected chi connectivity index (χ2v) is 2.69. The van der Waals surface area contributed by atoms with Crippen LogP contribution in [0.1, 0.15) is 19.8 Å². The van der Waals surface area contributed by atoms with E-state index in [0.29, 0.717) is 0 Å². The van der Waals surface area contributed by atoms with Crippen LogP contribution in [0.3, 0.4) is 0 Å². The quantitative estimate of drug-likeness (QED) is 0.475. The van der Waals surface area contributed by atoms with Gasteiger partial charge in [-0.2, -0.15) is 0 Å². The molecule has 2 atom stereocenters. The van der Waals surface area contributed by atoms with Crippen molar-refractivity contribution in [1.29, 1.82) is 0 Å². The molecular weight excluding hydrogens is 100 g/mol. The van der Waals surface area contributed by atoms with Crippen LogP contribution in [0.15, 0.2) is 0 Å². The van der Waals surface area contributed by atoms with Gasteiger partial charge in [-0.25, -0.2) is 0 Å². The molecule has 0 aromatic rings. The van der Waals surface area contributed by atoms with E-state index < -0.39 is 0 Å². The lowest BCUT2D eigenvalue weighted by Crippen LogP contribution is -2.43. The van der Waals surface area contributed by atoms with Gasteiger partial charge in [-0.1, -0.05) is 6.92 Å². The fraction of sp³-hybridized carbons (Fsp3) is 1.00. The molecule has 2 nitrogen and oxygen atoms in total. The van der Waals surface area contributed by atoms with Gasteiger partial charge in [-0.15, -0.1) is 0 Å². The Kier molecular flexibility index (Phi) is 1.86. The average Bonchev–Trinajstić information content (AvgIpc) is 1.64. The van der Waals surface area contributed by atoms with E-state index in [1.54, 1.807) is 0 Å². The Bertz CT molecular complexity index is 64.9. The van der Waals surface area contributed by atoms with Crippen LogP contribution in [-0.2, 0) is 0 Å². The van der Waals surface area contributed by atoms with E-state index in [1.165, 1.54) is 6.42 Å². The maximum Gasteiger partial charge on any atom is 0.0548 e. The van der Waals surface area contributed by atoms with Gasteiger partial charge in [0.15, 0.2) is 0 Å². The number of hydrogen-bond acceptors (Lipinski definition) is 2. The molecule has 8 heavy (non-hydrogen) atoms. The van der Waals surface area contributed by atoms with Crippen LogP contribution >= 0.6 is 0 Å². The van der Waals surface area contributed by atoms with Gasteiger partial charge < -0.3 is 11.1 Å². The van der Waals surface area contributed by atoms with Crippen LogP contribution in [0.2, 0.25) is 0 Å². The Hall–Kier alpha value is -0.0800. The fourth-order valence-electron chi connectivity index (χ4n) is 1.15. The molecule has 48 valence electrons. The maximum absolute atomic E-state index is 5.61. The smallest absolute Gasteiger partial charge is 0.0548 e. The van der Waals surface area contributed by atoms with Crippen molar-refractivity contribution in [1.82, 2.24) is 5.32 Å². The SMILES string of the molecule is CC1CCNC(N)C1. The highest BCUT2D eigenvalue weighted by Gasteiger charge is 2.12. The van der Waals surface area contributed by atoms with Crippen molar-refractivity contribution in [3.05, 3.63) is 0 Å². The first-order chi connectivity index (χ1) is 3.79. The Morgan fingerprint density at radius 1 is 1.62 bits per heavy atom. The molecule has 0 spiro atoms. The third-order valence-electron chi connectivity index (χ3n) is 1.70. The minimum atomic E-state index is 0.263. The number of nitrogens with two attached hydrogens (primary N) is 1. The maximum atomic E-state index is 5.61. The van der Waals surface area contributed by atoms with Crippen LogP contribution in [0.5, 0.6) is 0 Å². The molecule has 1 heterocycles. The number of rotatable bonds is 0. The van der Waals surface area contributed by atoms with Gasteiger partial charge >= 0.3 is 0 Å². The van der Waals surface area contributed by atoms with Crippen LogP contribution in [-0.4, -0.2) is 12.7 Å². The molecule has 1 rings (SSSR count). The van der Waals surface area contributed by atoms with Gasteiger partial charge in [0.05, 0.1) is 6.17 Å². The summed E-state index contributed by atoms with van der Waals surface area (Å²) in [5.74, 6) is 0.825. The molecule has 0 radical (unpaired) electrons. The Morgan fingerprint density at radius 3 is 2.75 bits per heavy atom. The minimum absolute atomic E-state index is 0.263. The zero-order valence-electron chi connectivity index (χ0n) is 5.35. The first-order valence-corrected chi connectivity index (χ1v) is 3.28. The van der Waals surface area contributed by atoms with Gasteiger partial charge in [0.1, 0.15) is 0 Å². The third-order valence-corrected chi connectivity index (χ3v) is 1.70. The Balaban J connectivity index is 2.23. The highest BCUT2D eigenvalue weighted by atomic mass is 15.0. The van der Waals surface area contributed by atoms with Crippen molar-refractivity contribution < 1.29 is 0 Å². The van der Waals surface area contributed by atoms with E-state index in [1.807, 2.05) is 0 Å². The minimum Gasteiger partial charge on any atom is -0.316 e. The number of piperidine rings is 1. The van der Waals surface area contributed by atoms with Gasteiger partial charge in [0.2, 0.25) is 0 Å². The molecule has 0 aromatic heterocycles. The molecule has 0 aliphatic carbocycles. The predicted molar refractivity (Wildman–Crippen MR) is 34.4 cm³/mol. The molecule has 0 amide bonds. The highest BCUT2D eigenvalue weighted by molar-refractivity contribution is 4.70. The van der Waals surface area contributed by atoms with Crippen LogP contribution in [0, 0.1) is 5.92 Å². The van der Waals surface area contributed by atoms with E-state index >= 15 is 0 Å². The zero-order valence-corrected chi connectivity index (χ0v) is 5.35. The zero-order chi connectivity index (χ0) is 5.98. The second-order valence-electron chi connectivity index (χ2n) is 2.69. The van der Waals surface area contributed by atoms with E-state index in [9.17, 15) is 0 Å². The first-order valence-electron chi connectivity index (χ1n) is 3.28. The molecular formula is C6H14N2. The first kappa shape index (κ1) is 6.05. The molecule has 1 aliphatic rings. The van der Waals surface area contributed by atoms with E-state index in [2.05, 4.69) is 12.2 Å². The summed E-state index contributed by atoms with van der Waals surface area (Å²) in [5.41, 5.74) is 5.61. The molecule has 1 aliphatic heterocycles. The predicted octanol–water partition coefficient (Wildman–Crippen LogP) is 0.291. The summed E-state index contributed by atoms with van der Waals surface area (Å²) in [5, 5.41) is 3.19. The standard InChI is InChI=1S/C6H14N2/c1-5-2-3-8-6(7)4-5/h5-6,8H,2-4,7H2,1H3. The van der Waals surface area contributed by atoms with Gasteiger partial charge in [-0.3, -0.25) is 0 Å². The van der Waals surface area contributed by atoms with Crippen molar-refractivity contribution in [2.24, 2.45) is 11.7 Å². The van der Waals surface area contributed by atoms with Crippen LogP contribution in [0.25, 0.3) is 0 Å². The van der Waals surface area contributed by atoms with E-state index in [4.69, 9.17) is 5.73 Å². The summed E-state index contributed by atoms with van der Waals surface area (Å²) in [6.07, 6.45) is 2.69. The van der Waals surface area contributed by atoms with Crippen molar-refractivity contribution in [3.63, 3.8) is 0 Å². The van der Waals surface area contributed by atoms with Gasteiger partial charge in [0, 0.05) is 0 Å². The Labute approximate surface area is 50.4 Å². The molecule has 3 N–H and O–H groups in total. The van der Waals surface area contributed by atoms with Gasteiger partial charge in [-0.05, 0) is 25.3 Å². The van der Waals surface area contributed by atoms with Crippen LogP contribution in [0.4, 0.5) is 0 Å². The second kappa shape index (κ2) is 2.46. The number of nitrogens with one attached hydrogen (secondary N) is 1. The summed E-state index contributed by atoms with van der Waals surface area (Å²) in [7, 11) is 0. The number of hydrogen-bond donors (Lipinski definition) is 2. The molecule has 2 heteroatoms. The lowest BCUT2D eigenvalue weighted by molar-refractivity contribution is 0.326. The summed E-state index contributed by atoms with van der Waals surface area (Å²) in [6, 6.07) is 0. The fourth-order valence-corrected chi connectivity index (χ4v) is 1.15. The molecule has 1 fully saturated rings.